The van der Waals surface area contributed by atoms with E-state index in [1.165, 1.54) is 18.5 Å². The SMILES string of the molecule is COc1ccc(N(CCCC(=O)NCCOc2cccc(C)c2)S(C)(=O)=O)cc1OC. The molecule has 0 spiro atoms. The van der Waals surface area contributed by atoms with Crippen molar-refractivity contribution in [2.45, 2.75) is 19.8 Å². The number of nitrogens with zero attached hydrogens (tertiary/aromatic N) is 1. The Balaban J connectivity index is 1.84. The molecule has 2 aromatic rings. The van der Waals surface area contributed by atoms with Crippen LogP contribution >= 0.6 is 0 Å². The lowest BCUT2D eigenvalue weighted by Gasteiger charge is -2.23. The summed E-state index contributed by atoms with van der Waals surface area (Å²) in [5.74, 6) is 1.54. The predicted molar refractivity (Wildman–Crippen MR) is 121 cm³/mol. The first-order chi connectivity index (χ1) is 14.7. The lowest BCUT2D eigenvalue weighted by molar-refractivity contribution is -0.121. The highest BCUT2D eigenvalue weighted by atomic mass is 32.2. The number of carbonyl (C=O) groups is 1. The molecule has 170 valence electrons. The van der Waals surface area contributed by atoms with E-state index in [0.717, 1.165) is 17.6 Å². The number of amides is 1. The molecule has 0 saturated carbocycles. The normalized spacial score (nSPS) is 11.0. The molecule has 1 N–H and O–H groups in total. The van der Waals surface area contributed by atoms with Gasteiger partial charge in [0.2, 0.25) is 15.9 Å². The highest BCUT2D eigenvalue weighted by Gasteiger charge is 2.19. The Labute approximate surface area is 184 Å². The van der Waals surface area contributed by atoms with Crippen LogP contribution < -0.4 is 23.8 Å². The zero-order valence-electron chi connectivity index (χ0n) is 18.4. The fraction of sp³-hybridized carbons (Fsp3) is 0.409. The van der Waals surface area contributed by atoms with Gasteiger partial charge in [-0.1, -0.05) is 12.1 Å². The standard InChI is InChI=1S/C22H30N2O6S/c1-17-7-5-8-19(15-17)30-14-12-23-22(25)9-6-13-24(31(4,26)27)18-10-11-20(28-2)21(16-18)29-3/h5,7-8,10-11,15-16H,6,9,12-14H2,1-4H3,(H,23,25). The fourth-order valence-corrected chi connectivity index (χ4v) is 3.96. The first kappa shape index (κ1) is 24.3. The molecule has 0 bridgehead atoms. The highest BCUT2D eigenvalue weighted by molar-refractivity contribution is 7.92. The van der Waals surface area contributed by atoms with E-state index in [2.05, 4.69) is 5.32 Å². The minimum atomic E-state index is -3.53. The van der Waals surface area contributed by atoms with Gasteiger partial charge in [0.05, 0.1) is 32.7 Å². The van der Waals surface area contributed by atoms with Gasteiger partial charge in [-0.05, 0) is 43.2 Å². The molecule has 0 aromatic heterocycles. The summed E-state index contributed by atoms with van der Waals surface area (Å²) in [6, 6.07) is 12.6. The number of carbonyl (C=O) groups excluding carboxylic acids is 1. The van der Waals surface area contributed by atoms with Crippen molar-refractivity contribution in [2.24, 2.45) is 0 Å². The number of methoxy groups -OCH3 is 2. The maximum Gasteiger partial charge on any atom is 0.232 e. The van der Waals surface area contributed by atoms with Crippen molar-refractivity contribution >= 4 is 21.6 Å². The maximum atomic E-state index is 12.3. The van der Waals surface area contributed by atoms with Crippen molar-refractivity contribution in [2.75, 3.05) is 44.5 Å². The van der Waals surface area contributed by atoms with Crippen LogP contribution in [0.1, 0.15) is 18.4 Å². The van der Waals surface area contributed by atoms with Gasteiger partial charge < -0.3 is 19.5 Å². The van der Waals surface area contributed by atoms with Gasteiger partial charge in [-0.2, -0.15) is 0 Å². The molecule has 0 atom stereocenters. The lowest BCUT2D eigenvalue weighted by atomic mass is 10.2. The Kier molecular flexibility index (Phi) is 8.99. The molecule has 2 aromatic carbocycles. The van der Waals surface area contributed by atoms with Gasteiger partial charge in [-0.3, -0.25) is 9.10 Å². The second-order valence-corrected chi connectivity index (χ2v) is 8.90. The molecule has 0 aliphatic heterocycles. The Morgan fingerprint density at radius 3 is 2.45 bits per heavy atom. The van der Waals surface area contributed by atoms with E-state index in [1.807, 2.05) is 31.2 Å². The van der Waals surface area contributed by atoms with Gasteiger partial charge >= 0.3 is 0 Å². The number of anilines is 1. The summed E-state index contributed by atoms with van der Waals surface area (Å²) in [6.07, 6.45) is 1.70. The number of rotatable bonds is 12. The van der Waals surface area contributed by atoms with Crippen molar-refractivity contribution in [1.29, 1.82) is 0 Å². The molecule has 0 heterocycles. The topological polar surface area (TPSA) is 94.2 Å². The van der Waals surface area contributed by atoms with Gasteiger partial charge in [-0.15, -0.1) is 0 Å². The minimum absolute atomic E-state index is 0.159. The summed E-state index contributed by atoms with van der Waals surface area (Å²) in [6.45, 7) is 2.88. The first-order valence-corrected chi connectivity index (χ1v) is 11.8. The van der Waals surface area contributed by atoms with Gasteiger partial charge in [0.25, 0.3) is 0 Å². The summed E-state index contributed by atoms with van der Waals surface area (Å²) < 4.78 is 41.8. The monoisotopic (exact) mass is 450 g/mol. The van der Waals surface area contributed by atoms with Gasteiger partial charge in [0.15, 0.2) is 11.5 Å². The van der Waals surface area contributed by atoms with Crippen LogP contribution in [-0.4, -0.2) is 54.5 Å². The van der Waals surface area contributed by atoms with Crippen LogP contribution in [0.25, 0.3) is 0 Å². The zero-order valence-corrected chi connectivity index (χ0v) is 19.2. The molecule has 2 rings (SSSR count). The van der Waals surface area contributed by atoms with Crippen LogP contribution in [0.15, 0.2) is 42.5 Å². The van der Waals surface area contributed by atoms with Gasteiger partial charge in [0.1, 0.15) is 12.4 Å². The average Bonchev–Trinajstić information content (AvgIpc) is 2.73. The number of hydrogen-bond donors (Lipinski definition) is 1. The van der Waals surface area contributed by atoms with Crippen molar-refractivity contribution in [3.05, 3.63) is 48.0 Å². The van der Waals surface area contributed by atoms with Crippen LogP contribution in [0.2, 0.25) is 0 Å². The number of aryl methyl sites for hydroxylation is 1. The minimum Gasteiger partial charge on any atom is -0.493 e. The summed E-state index contributed by atoms with van der Waals surface area (Å²) in [7, 11) is -0.534. The average molecular weight is 451 g/mol. The summed E-state index contributed by atoms with van der Waals surface area (Å²) >= 11 is 0. The Hall–Kier alpha value is -2.94. The number of nitrogens with one attached hydrogen (secondary N) is 1. The van der Waals surface area contributed by atoms with Crippen LogP contribution in [-0.2, 0) is 14.8 Å². The van der Waals surface area contributed by atoms with E-state index in [9.17, 15) is 13.2 Å². The fourth-order valence-electron chi connectivity index (χ4n) is 3.00. The molecule has 0 saturated heterocycles. The van der Waals surface area contributed by atoms with Crippen molar-refractivity contribution in [3.8, 4) is 17.2 Å². The molecule has 0 radical (unpaired) electrons. The number of sulfonamides is 1. The highest BCUT2D eigenvalue weighted by Crippen LogP contribution is 2.32. The van der Waals surface area contributed by atoms with E-state index in [-0.39, 0.29) is 18.9 Å². The summed E-state index contributed by atoms with van der Waals surface area (Å²) in [5.41, 5.74) is 1.55. The summed E-state index contributed by atoms with van der Waals surface area (Å²) in [4.78, 5) is 12.1. The van der Waals surface area contributed by atoms with Crippen LogP contribution in [0.3, 0.4) is 0 Å². The smallest absolute Gasteiger partial charge is 0.232 e. The third kappa shape index (κ3) is 7.67. The van der Waals surface area contributed by atoms with E-state index in [0.29, 0.717) is 36.8 Å². The van der Waals surface area contributed by atoms with Gasteiger partial charge in [-0.25, -0.2) is 8.42 Å². The van der Waals surface area contributed by atoms with E-state index >= 15 is 0 Å². The van der Waals surface area contributed by atoms with E-state index < -0.39 is 10.0 Å². The molecule has 0 fully saturated rings. The van der Waals surface area contributed by atoms with Crippen molar-refractivity contribution in [1.82, 2.24) is 5.32 Å². The second-order valence-electron chi connectivity index (χ2n) is 6.99. The lowest BCUT2D eigenvalue weighted by Crippen LogP contribution is -2.33. The Bertz CT molecular complexity index is 978. The quantitative estimate of drug-likeness (QED) is 0.500. The van der Waals surface area contributed by atoms with Crippen molar-refractivity contribution in [3.63, 3.8) is 0 Å². The van der Waals surface area contributed by atoms with Gasteiger partial charge in [0, 0.05) is 19.0 Å². The van der Waals surface area contributed by atoms with Crippen molar-refractivity contribution < 1.29 is 27.4 Å². The molecule has 8 nitrogen and oxygen atoms in total. The Morgan fingerprint density at radius 2 is 1.81 bits per heavy atom. The molecular formula is C22H30N2O6S. The summed E-state index contributed by atoms with van der Waals surface area (Å²) in [5, 5.41) is 2.78. The molecule has 0 unspecified atom stereocenters. The number of hydrogen-bond acceptors (Lipinski definition) is 6. The molecule has 31 heavy (non-hydrogen) atoms. The molecular weight excluding hydrogens is 420 g/mol. The molecule has 9 heteroatoms. The molecule has 0 aliphatic carbocycles. The third-order valence-corrected chi connectivity index (χ3v) is 5.70. The van der Waals surface area contributed by atoms with Crippen LogP contribution in [0.4, 0.5) is 5.69 Å². The van der Waals surface area contributed by atoms with E-state index in [1.54, 1.807) is 18.2 Å². The Morgan fingerprint density at radius 1 is 1.06 bits per heavy atom. The zero-order chi connectivity index (χ0) is 22.9. The van der Waals surface area contributed by atoms with Crippen LogP contribution in [0.5, 0.6) is 17.2 Å². The first-order valence-electron chi connectivity index (χ1n) is 9.90. The molecule has 0 aliphatic rings. The largest absolute Gasteiger partial charge is 0.493 e. The number of benzene rings is 2. The number of ether oxygens (including phenoxy) is 3. The van der Waals surface area contributed by atoms with Crippen LogP contribution in [0, 0.1) is 6.92 Å². The predicted octanol–water partition coefficient (Wildman–Crippen LogP) is 2.75. The second kappa shape index (κ2) is 11.5. The third-order valence-electron chi connectivity index (χ3n) is 4.50. The van der Waals surface area contributed by atoms with E-state index in [4.69, 9.17) is 14.2 Å². The molecule has 1 amide bonds. The maximum absolute atomic E-state index is 12.3.